The zero-order valence-corrected chi connectivity index (χ0v) is 17.7. The number of Topliss-reactive ketones (excluding diaryl/α,β-unsaturated/α-hetero) is 1. The van der Waals surface area contributed by atoms with Gasteiger partial charge in [0.15, 0.2) is 11.6 Å². The van der Waals surface area contributed by atoms with Gasteiger partial charge in [-0.05, 0) is 49.8 Å². The summed E-state index contributed by atoms with van der Waals surface area (Å²) < 4.78 is 4.67. The van der Waals surface area contributed by atoms with Crippen LogP contribution in [0.3, 0.4) is 0 Å². The van der Waals surface area contributed by atoms with Crippen molar-refractivity contribution in [3.05, 3.63) is 75.2 Å². The van der Waals surface area contributed by atoms with Gasteiger partial charge in [0.25, 0.3) is 0 Å². The maximum atomic E-state index is 12.3. The van der Waals surface area contributed by atoms with Crippen molar-refractivity contribution in [1.29, 1.82) is 0 Å². The highest BCUT2D eigenvalue weighted by Gasteiger charge is 2.17. The van der Waals surface area contributed by atoms with Gasteiger partial charge in [-0.25, -0.2) is 4.79 Å². The van der Waals surface area contributed by atoms with Crippen LogP contribution in [-0.2, 0) is 11.2 Å². The lowest BCUT2D eigenvalue weighted by molar-refractivity contribution is -0.113. The molecule has 0 saturated carbocycles. The summed E-state index contributed by atoms with van der Waals surface area (Å²) >= 11 is 0. The van der Waals surface area contributed by atoms with E-state index in [4.69, 9.17) is 0 Å². The first-order chi connectivity index (χ1) is 14.5. The fraction of sp³-hybridized carbons (Fsp3) is 0.333. The lowest BCUT2D eigenvalue weighted by Gasteiger charge is -2.15. The molecule has 0 aliphatic heterocycles. The number of hydrogen-bond donors (Lipinski definition) is 1. The van der Waals surface area contributed by atoms with Crippen LogP contribution >= 0.6 is 0 Å². The lowest BCUT2D eigenvalue weighted by Crippen LogP contribution is -2.05. The van der Waals surface area contributed by atoms with Gasteiger partial charge in [0, 0.05) is 29.5 Å². The predicted octanol–water partition coefficient (Wildman–Crippen LogP) is 4.90. The van der Waals surface area contributed by atoms with Crippen LogP contribution < -0.4 is 5.76 Å². The topological polar surface area (TPSA) is 88.3 Å². The molecule has 0 fully saturated rings. The maximum Gasteiger partial charge on any atom is 0.439 e. The summed E-state index contributed by atoms with van der Waals surface area (Å²) in [6, 6.07) is 8.16. The Balaban J connectivity index is 1.87. The van der Waals surface area contributed by atoms with Gasteiger partial charge in [0.1, 0.15) is 0 Å². The van der Waals surface area contributed by atoms with Gasteiger partial charge < -0.3 is 0 Å². The molecule has 1 aromatic heterocycles. The van der Waals surface area contributed by atoms with E-state index in [0.717, 1.165) is 59.2 Å². The van der Waals surface area contributed by atoms with E-state index >= 15 is 0 Å². The quantitative estimate of drug-likeness (QED) is 0.500. The third-order valence-corrected chi connectivity index (χ3v) is 5.04. The zero-order valence-electron chi connectivity index (χ0n) is 17.7. The number of allylic oxidation sites excluding steroid dienone is 6. The van der Waals surface area contributed by atoms with Crippen molar-refractivity contribution in [2.45, 2.75) is 52.9 Å². The number of carbonyl (C=O) groups excluding carboxylic acids is 1. The van der Waals surface area contributed by atoms with E-state index in [9.17, 15) is 9.59 Å². The van der Waals surface area contributed by atoms with Crippen molar-refractivity contribution in [3.8, 4) is 0 Å². The number of carbonyl (C=O) groups is 1. The van der Waals surface area contributed by atoms with E-state index in [1.165, 1.54) is 0 Å². The third kappa shape index (κ3) is 5.00. The van der Waals surface area contributed by atoms with Crippen LogP contribution in [0, 0.1) is 0 Å². The average Bonchev–Trinajstić information content (AvgIpc) is 3.18. The van der Waals surface area contributed by atoms with Crippen LogP contribution in [0.1, 0.15) is 63.4 Å². The van der Waals surface area contributed by atoms with Crippen molar-refractivity contribution in [2.75, 3.05) is 0 Å². The highest BCUT2D eigenvalue weighted by Crippen LogP contribution is 2.33. The lowest BCUT2D eigenvalue weighted by atomic mass is 9.90. The van der Waals surface area contributed by atoms with Crippen molar-refractivity contribution in [2.24, 2.45) is 4.99 Å². The van der Waals surface area contributed by atoms with Crippen LogP contribution in [-0.4, -0.2) is 22.1 Å². The normalized spacial score (nSPS) is 15.0. The number of aromatic nitrogens is 2. The van der Waals surface area contributed by atoms with Crippen molar-refractivity contribution in [1.82, 2.24) is 10.1 Å². The molecule has 0 atom stereocenters. The number of rotatable bonds is 8. The Morgan fingerprint density at radius 2 is 1.90 bits per heavy atom. The van der Waals surface area contributed by atoms with Crippen molar-refractivity contribution < 1.29 is 9.32 Å². The Hall–Kier alpha value is -3.28. The van der Waals surface area contributed by atoms with Crippen LogP contribution in [0.25, 0.3) is 11.1 Å². The number of H-pyrrole nitrogens is 1. The molecule has 1 aliphatic carbocycles. The zero-order chi connectivity index (χ0) is 21.5. The van der Waals surface area contributed by atoms with Crippen LogP contribution in [0.5, 0.6) is 0 Å². The molecule has 0 bridgehead atoms. The van der Waals surface area contributed by atoms with Crippen LogP contribution in [0.2, 0.25) is 0 Å². The number of benzene rings is 1. The Labute approximate surface area is 176 Å². The monoisotopic (exact) mass is 405 g/mol. The van der Waals surface area contributed by atoms with E-state index in [0.29, 0.717) is 12.2 Å². The van der Waals surface area contributed by atoms with E-state index in [1.54, 1.807) is 13.1 Å². The Kier molecular flexibility index (Phi) is 7.12. The minimum atomic E-state index is -0.563. The molecule has 1 heterocycles. The molecule has 3 rings (SSSR count). The second-order valence-electron chi connectivity index (χ2n) is 7.25. The molecule has 156 valence electrons. The van der Waals surface area contributed by atoms with Gasteiger partial charge in [-0.2, -0.15) is 0 Å². The number of hydrogen-bond acceptors (Lipinski definition) is 5. The minimum Gasteiger partial charge on any atom is -0.296 e. The summed E-state index contributed by atoms with van der Waals surface area (Å²) in [5, 5.41) is 3.84. The number of nitrogens with one attached hydrogen (secondary N) is 1. The average molecular weight is 405 g/mol. The molecule has 1 aliphatic rings. The van der Waals surface area contributed by atoms with Crippen LogP contribution in [0.4, 0.5) is 0 Å². The molecule has 1 N–H and O–H groups in total. The summed E-state index contributed by atoms with van der Waals surface area (Å²) in [6.45, 7) is 5.56. The van der Waals surface area contributed by atoms with Gasteiger partial charge in [0.2, 0.25) is 0 Å². The van der Waals surface area contributed by atoms with Gasteiger partial charge >= 0.3 is 5.76 Å². The van der Waals surface area contributed by atoms with Crippen molar-refractivity contribution in [3.63, 3.8) is 0 Å². The molecule has 6 heteroatoms. The first-order valence-electron chi connectivity index (χ1n) is 10.3. The summed E-state index contributed by atoms with van der Waals surface area (Å²) in [4.78, 5) is 30.7. The molecule has 0 spiro atoms. The van der Waals surface area contributed by atoms with Crippen molar-refractivity contribution >= 4 is 23.1 Å². The maximum absolute atomic E-state index is 12.3. The number of aliphatic imine (C=N–C) groups is 1. The fourth-order valence-corrected chi connectivity index (χ4v) is 3.64. The van der Waals surface area contributed by atoms with Gasteiger partial charge in [-0.3, -0.25) is 19.3 Å². The SMILES string of the molecule is CC=N/C(CCC)=C(/Cc1ccc(C2=CCCC=C2c2noc(=O)[nH]2)cc1)C(C)=O. The predicted molar refractivity (Wildman–Crippen MR) is 119 cm³/mol. The molecule has 2 aromatic rings. The fourth-order valence-electron chi connectivity index (χ4n) is 3.64. The summed E-state index contributed by atoms with van der Waals surface area (Å²) in [5.41, 5.74) is 5.60. The number of aromatic amines is 1. The molecular weight excluding hydrogens is 378 g/mol. The van der Waals surface area contributed by atoms with E-state index in [1.807, 2.05) is 31.2 Å². The molecular formula is C24H27N3O3. The second kappa shape index (κ2) is 9.96. The Bertz CT molecular complexity index is 1080. The highest BCUT2D eigenvalue weighted by atomic mass is 16.5. The molecule has 0 unspecified atom stereocenters. The molecule has 0 amide bonds. The molecule has 0 radical (unpaired) electrons. The smallest absolute Gasteiger partial charge is 0.296 e. The first kappa shape index (κ1) is 21.4. The Morgan fingerprint density at radius 3 is 2.47 bits per heavy atom. The minimum absolute atomic E-state index is 0.0586. The van der Waals surface area contributed by atoms with E-state index < -0.39 is 5.76 Å². The standard InChI is InChI=1S/C24H27N3O3/c1-4-8-22(25-5-2)21(16(3)28)15-17-11-13-18(14-12-17)19-9-6-7-10-20(19)23-26-24(29)30-27-23/h5,9-14H,4,6-8,15H2,1-3H3,(H,26,27,29)/b22-21-,25-5?. The van der Waals surface area contributed by atoms with Gasteiger partial charge in [-0.1, -0.05) is 54.9 Å². The summed E-state index contributed by atoms with van der Waals surface area (Å²) in [5.74, 6) is -0.0610. The number of ketones is 1. The highest BCUT2D eigenvalue weighted by molar-refractivity contribution is 6.04. The molecule has 0 saturated heterocycles. The Morgan fingerprint density at radius 1 is 1.20 bits per heavy atom. The van der Waals surface area contributed by atoms with Gasteiger partial charge in [-0.15, -0.1) is 0 Å². The summed E-state index contributed by atoms with van der Waals surface area (Å²) in [6.07, 6.45) is 10.0. The molecule has 1 aromatic carbocycles. The van der Waals surface area contributed by atoms with E-state index in [2.05, 4.69) is 38.7 Å². The molecule has 30 heavy (non-hydrogen) atoms. The first-order valence-corrected chi connectivity index (χ1v) is 10.3. The van der Waals surface area contributed by atoms with Gasteiger partial charge in [0.05, 0.1) is 0 Å². The largest absolute Gasteiger partial charge is 0.439 e. The third-order valence-electron chi connectivity index (χ3n) is 5.04. The summed E-state index contributed by atoms with van der Waals surface area (Å²) in [7, 11) is 0. The van der Waals surface area contributed by atoms with E-state index in [-0.39, 0.29) is 5.78 Å². The molecule has 6 nitrogen and oxygen atoms in total. The number of nitrogens with zero attached hydrogens (tertiary/aromatic N) is 2. The second-order valence-corrected chi connectivity index (χ2v) is 7.25. The van der Waals surface area contributed by atoms with Crippen LogP contribution in [0.15, 0.2) is 62.0 Å².